The molecule has 0 radical (unpaired) electrons. The predicted octanol–water partition coefficient (Wildman–Crippen LogP) is 3.63. The molecule has 9 heteroatoms. The Hall–Kier alpha value is -3.72. The highest BCUT2D eigenvalue weighted by Gasteiger charge is 2.49. The van der Waals surface area contributed by atoms with E-state index in [-0.39, 0.29) is 36.6 Å². The normalized spacial score (nSPS) is 21.4. The molecule has 2 saturated heterocycles. The van der Waals surface area contributed by atoms with Gasteiger partial charge >= 0.3 is 6.09 Å². The van der Waals surface area contributed by atoms with Gasteiger partial charge in [0.15, 0.2) is 5.78 Å². The highest BCUT2D eigenvalue weighted by molar-refractivity contribution is 5.97. The molecule has 0 aromatic heterocycles. The average Bonchev–Trinajstić information content (AvgIpc) is 3.26. The monoisotopic (exact) mass is 507 g/mol. The second-order valence-corrected chi connectivity index (χ2v) is 10.5. The number of hydrogen-bond acceptors (Lipinski definition) is 6. The largest absolute Gasteiger partial charge is 0.444 e. The fraction of sp³-hybridized carbons (Fsp3) is 0.429. The number of nitrogens with one attached hydrogen (secondary N) is 1. The number of anilines is 1. The average molecular weight is 508 g/mol. The molecule has 2 aliphatic heterocycles. The summed E-state index contributed by atoms with van der Waals surface area (Å²) in [6.07, 6.45) is -2.06. The van der Waals surface area contributed by atoms with E-state index >= 15 is 0 Å². The molecule has 0 saturated carbocycles. The topological polar surface area (TPSA) is 105 Å². The maximum absolute atomic E-state index is 13.5. The van der Waals surface area contributed by atoms with Crippen LogP contribution in [-0.2, 0) is 25.6 Å². The van der Waals surface area contributed by atoms with Crippen molar-refractivity contribution in [3.63, 3.8) is 0 Å². The SMILES string of the molecule is CC(=O)c1ccc(NC(=O)CC2OC3CN(C(=O)OC(C)(C)C)CC3N(Cc3ccccc3)C2=O)cc1. The first-order chi connectivity index (χ1) is 17.5. The van der Waals surface area contributed by atoms with E-state index in [0.29, 0.717) is 24.3 Å². The van der Waals surface area contributed by atoms with Crippen LogP contribution in [0.25, 0.3) is 0 Å². The highest BCUT2D eigenvalue weighted by atomic mass is 16.6. The van der Waals surface area contributed by atoms with Crippen LogP contribution < -0.4 is 5.32 Å². The molecule has 37 heavy (non-hydrogen) atoms. The van der Waals surface area contributed by atoms with Crippen LogP contribution in [-0.4, -0.2) is 70.4 Å². The molecule has 3 atom stereocenters. The van der Waals surface area contributed by atoms with Crippen molar-refractivity contribution < 1.29 is 28.7 Å². The Labute approximate surface area is 216 Å². The minimum atomic E-state index is -0.986. The van der Waals surface area contributed by atoms with Gasteiger partial charge in [-0.15, -0.1) is 0 Å². The van der Waals surface area contributed by atoms with Gasteiger partial charge in [0.1, 0.15) is 11.7 Å². The molecule has 2 fully saturated rings. The molecule has 9 nitrogen and oxygen atoms in total. The Kier molecular flexibility index (Phi) is 7.63. The minimum absolute atomic E-state index is 0.0656. The van der Waals surface area contributed by atoms with Crippen molar-refractivity contribution in [3.8, 4) is 0 Å². The second kappa shape index (κ2) is 10.7. The van der Waals surface area contributed by atoms with Crippen molar-refractivity contribution in [1.29, 1.82) is 0 Å². The van der Waals surface area contributed by atoms with Crippen LogP contribution >= 0.6 is 0 Å². The number of Topliss-reactive ketones (excluding diaryl/α,β-unsaturated/α-hetero) is 1. The van der Waals surface area contributed by atoms with Crippen LogP contribution in [0.4, 0.5) is 10.5 Å². The number of carbonyl (C=O) groups excluding carboxylic acids is 4. The molecule has 0 aliphatic carbocycles. The molecule has 196 valence electrons. The minimum Gasteiger partial charge on any atom is -0.444 e. The number of hydrogen-bond donors (Lipinski definition) is 1. The van der Waals surface area contributed by atoms with Gasteiger partial charge in [-0.1, -0.05) is 30.3 Å². The first-order valence-electron chi connectivity index (χ1n) is 12.4. The third-order valence-electron chi connectivity index (χ3n) is 6.33. The van der Waals surface area contributed by atoms with Crippen LogP contribution in [0, 0.1) is 0 Å². The second-order valence-electron chi connectivity index (χ2n) is 10.5. The van der Waals surface area contributed by atoms with E-state index in [1.54, 1.807) is 54.8 Å². The molecule has 3 amide bonds. The maximum Gasteiger partial charge on any atom is 0.410 e. The molecule has 0 bridgehead atoms. The summed E-state index contributed by atoms with van der Waals surface area (Å²) < 4.78 is 11.6. The van der Waals surface area contributed by atoms with Crippen molar-refractivity contribution in [3.05, 3.63) is 65.7 Å². The van der Waals surface area contributed by atoms with Gasteiger partial charge in [-0.2, -0.15) is 0 Å². The summed E-state index contributed by atoms with van der Waals surface area (Å²) in [4.78, 5) is 53.9. The molecule has 2 aromatic carbocycles. The molecule has 4 rings (SSSR count). The van der Waals surface area contributed by atoms with E-state index in [4.69, 9.17) is 9.47 Å². The van der Waals surface area contributed by atoms with Crippen molar-refractivity contribution in [2.24, 2.45) is 0 Å². The van der Waals surface area contributed by atoms with Gasteiger partial charge in [0, 0.05) is 24.3 Å². The van der Waals surface area contributed by atoms with E-state index in [9.17, 15) is 19.2 Å². The lowest BCUT2D eigenvalue weighted by Gasteiger charge is -2.40. The smallest absolute Gasteiger partial charge is 0.410 e. The lowest BCUT2D eigenvalue weighted by molar-refractivity contribution is -0.169. The number of carbonyl (C=O) groups is 4. The summed E-state index contributed by atoms with van der Waals surface area (Å²) in [5, 5.41) is 2.77. The van der Waals surface area contributed by atoms with Crippen LogP contribution in [0.3, 0.4) is 0 Å². The van der Waals surface area contributed by atoms with E-state index in [2.05, 4.69) is 5.32 Å². The van der Waals surface area contributed by atoms with Crippen LogP contribution in [0.2, 0.25) is 0 Å². The number of morpholine rings is 1. The number of benzene rings is 2. The quantitative estimate of drug-likeness (QED) is 0.599. The number of likely N-dealkylation sites (tertiary alicyclic amines) is 1. The third-order valence-corrected chi connectivity index (χ3v) is 6.33. The van der Waals surface area contributed by atoms with Crippen molar-refractivity contribution in [1.82, 2.24) is 9.80 Å². The Bertz CT molecular complexity index is 1160. The van der Waals surface area contributed by atoms with Gasteiger partial charge in [0.25, 0.3) is 5.91 Å². The summed E-state index contributed by atoms with van der Waals surface area (Å²) in [5.41, 5.74) is 1.37. The zero-order chi connectivity index (χ0) is 26.7. The standard InChI is InChI=1S/C28H33N3O6/c1-18(32)20-10-12-21(13-11-20)29-25(33)14-23-26(34)31(15-19-8-6-5-7-9-19)22-16-30(17-24(22)36-23)27(35)37-28(2,3)4/h5-13,22-24H,14-17H2,1-4H3,(H,29,33). The summed E-state index contributed by atoms with van der Waals surface area (Å²) in [7, 11) is 0. The Morgan fingerprint density at radius 3 is 2.32 bits per heavy atom. The lowest BCUT2D eigenvalue weighted by Crippen LogP contribution is -2.58. The van der Waals surface area contributed by atoms with E-state index < -0.39 is 23.9 Å². The van der Waals surface area contributed by atoms with Crippen LogP contribution in [0.5, 0.6) is 0 Å². The fourth-order valence-corrected chi connectivity index (χ4v) is 4.56. The van der Waals surface area contributed by atoms with Gasteiger partial charge in [-0.3, -0.25) is 14.4 Å². The van der Waals surface area contributed by atoms with E-state index in [1.807, 2.05) is 30.3 Å². The number of ketones is 1. The van der Waals surface area contributed by atoms with Crippen LogP contribution in [0.1, 0.15) is 50.0 Å². The predicted molar refractivity (Wildman–Crippen MR) is 137 cm³/mol. The number of amides is 3. The van der Waals surface area contributed by atoms with Gasteiger partial charge in [-0.25, -0.2) is 4.79 Å². The molecule has 1 N–H and O–H groups in total. The Morgan fingerprint density at radius 2 is 1.70 bits per heavy atom. The third kappa shape index (κ3) is 6.54. The number of ether oxygens (including phenoxy) is 2. The Balaban J connectivity index is 1.49. The molecule has 2 aliphatic rings. The maximum atomic E-state index is 13.5. The van der Waals surface area contributed by atoms with Crippen LogP contribution in [0.15, 0.2) is 54.6 Å². The zero-order valence-electron chi connectivity index (χ0n) is 21.6. The summed E-state index contributed by atoms with van der Waals surface area (Å²) >= 11 is 0. The molecular formula is C28H33N3O6. The molecule has 0 spiro atoms. The first-order valence-corrected chi connectivity index (χ1v) is 12.4. The first kappa shape index (κ1) is 26.3. The number of rotatable bonds is 6. The molecule has 2 heterocycles. The number of nitrogens with zero attached hydrogens (tertiary/aromatic N) is 2. The Morgan fingerprint density at radius 1 is 1.03 bits per heavy atom. The molecule has 3 unspecified atom stereocenters. The zero-order valence-corrected chi connectivity index (χ0v) is 21.6. The fourth-order valence-electron chi connectivity index (χ4n) is 4.56. The molecular weight excluding hydrogens is 474 g/mol. The van der Waals surface area contributed by atoms with E-state index in [1.165, 1.54) is 6.92 Å². The van der Waals surface area contributed by atoms with Gasteiger partial charge in [0.2, 0.25) is 5.91 Å². The van der Waals surface area contributed by atoms with Gasteiger partial charge in [0.05, 0.1) is 25.1 Å². The van der Waals surface area contributed by atoms with Crippen molar-refractivity contribution in [2.45, 2.75) is 64.5 Å². The van der Waals surface area contributed by atoms with E-state index in [0.717, 1.165) is 5.56 Å². The lowest BCUT2D eigenvalue weighted by atomic mass is 10.0. The van der Waals surface area contributed by atoms with Gasteiger partial charge < -0.3 is 24.6 Å². The summed E-state index contributed by atoms with van der Waals surface area (Å²) in [5.74, 6) is -0.739. The van der Waals surface area contributed by atoms with Gasteiger partial charge in [-0.05, 0) is 57.5 Å². The van der Waals surface area contributed by atoms with Crippen molar-refractivity contribution in [2.75, 3.05) is 18.4 Å². The highest BCUT2D eigenvalue weighted by Crippen LogP contribution is 2.30. The molecule has 2 aromatic rings. The number of fused-ring (bicyclic) bond motifs is 1. The van der Waals surface area contributed by atoms with Crippen molar-refractivity contribution >= 4 is 29.4 Å². The summed E-state index contributed by atoms with van der Waals surface area (Å²) in [6, 6.07) is 15.8. The summed E-state index contributed by atoms with van der Waals surface area (Å²) in [6.45, 7) is 7.79.